The van der Waals surface area contributed by atoms with Crippen molar-refractivity contribution in [2.75, 3.05) is 0 Å². The number of alkyl halides is 3. The molecule has 0 saturated carbocycles. The number of hydrogen-bond donors (Lipinski definition) is 1. The molecule has 0 saturated heterocycles. The molecular weight excluding hydrogens is 364 g/mol. The lowest BCUT2D eigenvalue weighted by atomic mass is 9.84. The van der Waals surface area contributed by atoms with E-state index >= 15 is 0 Å². The number of aliphatic imine (C=N–C) groups is 1. The highest BCUT2D eigenvalue weighted by atomic mass is 19.4. The van der Waals surface area contributed by atoms with E-state index in [1.807, 2.05) is 6.07 Å². The summed E-state index contributed by atoms with van der Waals surface area (Å²) in [5.74, 6) is -0.718. The molecule has 0 bridgehead atoms. The van der Waals surface area contributed by atoms with Gasteiger partial charge in [0.2, 0.25) is 0 Å². The van der Waals surface area contributed by atoms with E-state index in [0.717, 1.165) is 6.07 Å². The summed E-state index contributed by atoms with van der Waals surface area (Å²) in [6, 6.07) is 6.83. The second kappa shape index (κ2) is 6.54. The van der Waals surface area contributed by atoms with Gasteiger partial charge in [-0.05, 0) is 30.7 Å². The molecule has 9 heteroatoms. The van der Waals surface area contributed by atoms with Gasteiger partial charge in [-0.1, -0.05) is 6.07 Å². The van der Waals surface area contributed by atoms with Crippen LogP contribution in [0.15, 0.2) is 41.7 Å². The first-order valence-corrected chi connectivity index (χ1v) is 7.86. The average Bonchev–Trinajstić information content (AvgIpc) is 2.60. The van der Waals surface area contributed by atoms with E-state index < -0.39 is 36.1 Å². The van der Waals surface area contributed by atoms with Crippen LogP contribution in [0, 0.1) is 17.1 Å². The molecule has 2 atom stereocenters. The van der Waals surface area contributed by atoms with Crippen LogP contribution in [-0.4, -0.2) is 23.3 Å². The lowest BCUT2D eigenvalue weighted by Gasteiger charge is -2.36. The van der Waals surface area contributed by atoms with Crippen molar-refractivity contribution in [3.8, 4) is 17.2 Å². The Kier molecular flexibility index (Phi) is 4.51. The van der Waals surface area contributed by atoms with Crippen LogP contribution in [0.4, 0.5) is 17.6 Å². The third kappa shape index (κ3) is 3.69. The summed E-state index contributed by atoms with van der Waals surface area (Å²) in [5.41, 5.74) is 5.12. The van der Waals surface area contributed by atoms with Gasteiger partial charge in [0.1, 0.15) is 11.9 Å². The molecule has 1 aromatic carbocycles. The first-order chi connectivity index (χ1) is 12.6. The maximum Gasteiger partial charge on any atom is 0.425 e. The first-order valence-electron chi connectivity index (χ1n) is 7.86. The van der Waals surface area contributed by atoms with Crippen LogP contribution in [0.25, 0.3) is 11.1 Å². The number of rotatable bonds is 2. The molecule has 0 amide bonds. The molecule has 2 aromatic rings. The highest BCUT2D eigenvalue weighted by molar-refractivity contribution is 5.73. The van der Waals surface area contributed by atoms with Crippen LogP contribution < -0.4 is 5.73 Å². The number of halogens is 4. The van der Waals surface area contributed by atoms with Crippen molar-refractivity contribution in [1.82, 2.24) is 4.98 Å². The van der Waals surface area contributed by atoms with Crippen LogP contribution in [-0.2, 0) is 10.3 Å². The largest absolute Gasteiger partial charge is 0.452 e. The van der Waals surface area contributed by atoms with Crippen LogP contribution >= 0.6 is 0 Å². The smallest absolute Gasteiger partial charge is 0.425 e. The Balaban J connectivity index is 2.08. The molecule has 0 fully saturated rings. The molecule has 5 nitrogen and oxygen atoms in total. The van der Waals surface area contributed by atoms with Crippen LogP contribution in [0.1, 0.15) is 24.5 Å². The van der Waals surface area contributed by atoms with Crippen molar-refractivity contribution in [2.45, 2.75) is 31.2 Å². The lowest BCUT2D eigenvalue weighted by Crippen LogP contribution is -2.46. The quantitative estimate of drug-likeness (QED) is 0.809. The SMILES string of the molecule is C[C@]1(c2cc(-c3cncc(C#N)c3)ccc2F)C[C@@H](C(F)(F)F)OC(N)=N1. The summed E-state index contributed by atoms with van der Waals surface area (Å²) < 4.78 is 58.5. The van der Waals surface area contributed by atoms with Gasteiger partial charge in [-0.2, -0.15) is 18.4 Å². The van der Waals surface area contributed by atoms with Crippen LogP contribution in [0.3, 0.4) is 0 Å². The summed E-state index contributed by atoms with van der Waals surface area (Å²) in [4.78, 5) is 7.88. The van der Waals surface area contributed by atoms with E-state index in [0.29, 0.717) is 16.7 Å². The number of ether oxygens (including phenoxy) is 1. The monoisotopic (exact) mass is 378 g/mol. The Morgan fingerprint density at radius 1 is 1.26 bits per heavy atom. The number of nitrogens with two attached hydrogens (primary N) is 1. The molecular formula is C18H14F4N4O. The van der Waals surface area contributed by atoms with Gasteiger partial charge in [0.25, 0.3) is 6.02 Å². The minimum absolute atomic E-state index is 0.0529. The standard InChI is InChI=1S/C18H14F4N4O/c1-17(6-15(18(20,21)22)27-16(24)26-17)13-5-11(2-3-14(13)19)12-4-10(7-23)8-25-9-12/h2-5,8-9,15H,6H2,1H3,(H2,24,26)/t15-,17+/m0/s1. The maximum absolute atomic E-state index is 14.5. The number of hydrogen-bond acceptors (Lipinski definition) is 5. The van der Waals surface area contributed by atoms with Gasteiger partial charge in [0.05, 0.1) is 11.1 Å². The highest BCUT2D eigenvalue weighted by Gasteiger charge is 2.50. The van der Waals surface area contributed by atoms with E-state index in [-0.39, 0.29) is 5.56 Å². The molecule has 1 aliphatic rings. The molecule has 3 rings (SSSR count). The van der Waals surface area contributed by atoms with Crippen molar-refractivity contribution in [3.63, 3.8) is 0 Å². The zero-order chi connectivity index (χ0) is 19.8. The molecule has 2 heterocycles. The minimum Gasteiger partial charge on any atom is -0.452 e. The Morgan fingerprint density at radius 3 is 2.67 bits per heavy atom. The molecule has 0 radical (unpaired) electrons. The molecule has 2 N–H and O–H groups in total. The summed E-state index contributed by atoms with van der Waals surface area (Å²) >= 11 is 0. The molecule has 1 aliphatic heterocycles. The number of amidine groups is 1. The predicted octanol–water partition coefficient (Wildman–Crippen LogP) is 3.64. The van der Waals surface area contributed by atoms with Crippen molar-refractivity contribution in [2.24, 2.45) is 10.7 Å². The molecule has 1 aromatic heterocycles. The fourth-order valence-electron chi connectivity index (χ4n) is 2.99. The summed E-state index contributed by atoms with van der Waals surface area (Å²) in [6.45, 7) is 1.37. The second-order valence-corrected chi connectivity index (χ2v) is 6.34. The number of aromatic nitrogens is 1. The van der Waals surface area contributed by atoms with Gasteiger partial charge in [0, 0.05) is 29.9 Å². The van der Waals surface area contributed by atoms with Crippen molar-refractivity contribution in [3.05, 3.63) is 53.6 Å². The fourth-order valence-corrected chi connectivity index (χ4v) is 2.99. The zero-order valence-electron chi connectivity index (χ0n) is 14.1. The molecule has 140 valence electrons. The average molecular weight is 378 g/mol. The summed E-state index contributed by atoms with van der Waals surface area (Å²) in [6.07, 6.45) is -4.63. The first kappa shape index (κ1) is 18.6. The van der Waals surface area contributed by atoms with Crippen LogP contribution in [0.2, 0.25) is 0 Å². The van der Waals surface area contributed by atoms with Gasteiger partial charge in [0.15, 0.2) is 6.10 Å². The van der Waals surface area contributed by atoms with E-state index in [4.69, 9.17) is 11.0 Å². The van der Waals surface area contributed by atoms with Gasteiger partial charge >= 0.3 is 6.18 Å². The van der Waals surface area contributed by atoms with Crippen molar-refractivity contribution < 1.29 is 22.3 Å². The number of pyridine rings is 1. The van der Waals surface area contributed by atoms with E-state index in [1.54, 1.807) is 6.07 Å². The Labute approximate surface area is 152 Å². The lowest BCUT2D eigenvalue weighted by molar-refractivity contribution is -0.208. The highest BCUT2D eigenvalue weighted by Crippen LogP contribution is 2.41. The van der Waals surface area contributed by atoms with Crippen molar-refractivity contribution >= 4 is 6.02 Å². The molecule has 0 unspecified atom stereocenters. The van der Waals surface area contributed by atoms with Gasteiger partial charge in [-0.15, -0.1) is 0 Å². The number of nitrogens with zero attached hydrogens (tertiary/aromatic N) is 3. The zero-order valence-corrected chi connectivity index (χ0v) is 14.1. The van der Waals surface area contributed by atoms with E-state index in [9.17, 15) is 17.6 Å². The maximum atomic E-state index is 14.5. The van der Waals surface area contributed by atoms with Gasteiger partial charge < -0.3 is 10.5 Å². The third-order valence-corrected chi connectivity index (χ3v) is 4.32. The Hall–Kier alpha value is -3.15. The second-order valence-electron chi connectivity index (χ2n) is 6.34. The van der Waals surface area contributed by atoms with Gasteiger partial charge in [-0.25, -0.2) is 9.38 Å². The molecule has 27 heavy (non-hydrogen) atoms. The molecule has 0 spiro atoms. The number of benzene rings is 1. The minimum atomic E-state index is -4.67. The van der Waals surface area contributed by atoms with Crippen LogP contribution in [0.5, 0.6) is 0 Å². The topological polar surface area (TPSA) is 84.3 Å². The normalized spacial score (nSPS) is 22.5. The summed E-state index contributed by atoms with van der Waals surface area (Å²) in [5, 5.41) is 8.99. The number of nitriles is 1. The fraction of sp³-hybridized carbons (Fsp3) is 0.278. The third-order valence-electron chi connectivity index (χ3n) is 4.32. The van der Waals surface area contributed by atoms with E-state index in [1.165, 1.54) is 31.5 Å². The summed E-state index contributed by atoms with van der Waals surface area (Å²) in [7, 11) is 0. The molecule has 0 aliphatic carbocycles. The van der Waals surface area contributed by atoms with Crippen molar-refractivity contribution in [1.29, 1.82) is 5.26 Å². The Morgan fingerprint density at radius 2 is 2.00 bits per heavy atom. The van der Waals surface area contributed by atoms with E-state index in [2.05, 4.69) is 14.7 Å². The predicted molar refractivity (Wildman–Crippen MR) is 88.9 cm³/mol. The Bertz CT molecular complexity index is 951. The van der Waals surface area contributed by atoms with Gasteiger partial charge in [-0.3, -0.25) is 4.98 Å².